The minimum Gasteiger partial charge on any atom is -0.497 e. The average Bonchev–Trinajstić information content (AvgIpc) is 3.20. The number of hydrogen-bond donors (Lipinski definition) is 2. The normalized spacial score (nSPS) is 13.1. The maximum absolute atomic E-state index is 11.2. The predicted molar refractivity (Wildman–Crippen MR) is 111 cm³/mol. The molecule has 1 aromatic heterocycles. The number of aliphatic hydroxyl groups is 1. The van der Waals surface area contributed by atoms with E-state index < -0.39 is 6.10 Å². The van der Waals surface area contributed by atoms with Gasteiger partial charge in [0.25, 0.3) is 5.69 Å². The van der Waals surface area contributed by atoms with Crippen molar-refractivity contribution in [3.05, 3.63) is 81.2 Å². The van der Waals surface area contributed by atoms with Crippen LogP contribution >= 0.6 is 11.3 Å². The van der Waals surface area contributed by atoms with Gasteiger partial charge in [-0.3, -0.25) is 10.1 Å². The van der Waals surface area contributed by atoms with Gasteiger partial charge in [0.15, 0.2) is 0 Å². The van der Waals surface area contributed by atoms with Crippen LogP contribution in [-0.4, -0.2) is 23.2 Å². The third kappa shape index (κ3) is 4.56. The number of nitrogens with zero attached hydrogens (tertiary/aromatic N) is 1. The van der Waals surface area contributed by atoms with Crippen LogP contribution in [-0.2, 0) is 6.54 Å². The second kappa shape index (κ2) is 8.97. The van der Waals surface area contributed by atoms with E-state index in [2.05, 4.69) is 5.32 Å². The lowest BCUT2D eigenvalue weighted by Gasteiger charge is -2.20. The Labute approximate surface area is 167 Å². The molecular formula is C21H22N2O4S. The number of aliphatic hydroxyl groups excluding tert-OH is 1. The molecule has 0 saturated carbocycles. The molecule has 0 bridgehead atoms. The van der Waals surface area contributed by atoms with Crippen LogP contribution in [0.2, 0.25) is 0 Å². The van der Waals surface area contributed by atoms with Gasteiger partial charge in [-0.05, 0) is 42.8 Å². The van der Waals surface area contributed by atoms with Crippen LogP contribution in [0.15, 0.2) is 60.7 Å². The van der Waals surface area contributed by atoms with E-state index in [1.54, 1.807) is 25.3 Å². The van der Waals surface area contributed by atoms with E-state index in [4.69, 9.17) is 4.74 Å². The van der Waals surface area contributed by atoms with Crippen LogP contribution in [0.4, 0.5) is 5.69 Å². The van der Waals surface area contributed by atoms with Crippen molar-refractivity contribution < 1.29 is 14.8 Å². The molecule has 6 nitrogen and oxygen atoms in total. The first kappa shape index (κ1) is 20.0. The van der Waals surface area contributed by atoms with Crippen molar-refractivity contribution in [2.75, 3.05) is 7.11 Å². The Morgan fingerprint density at radius 2 is 1.86 bits per heavy atom. The molecule has 0 spiro atoms. The maximum Gasteiger partial charge on any atom is 0.278 e. The summed E-state index contributed by atoms with van der Waals surface area (Å²) in [7, 11) is 1.61. The van der Waals surface area contributed by atoms with Gasteiger partial charge in [-0.1, -0.05) is 24.3 Å². The van der Waals surface area contributed by atoms with Crippen LogP contribution in [0.5, 0.6) is 5.75 Å². The zero-order valence-corrected chi connectivity index (χ0v) is 16.5. The summed E-state index contributed by atoms with van der Waals surface area (Å²) in [5.74, 6) is 0.748. The van der Waals surface area contributed by atoms with Crippen LogP contribution in [0.1, 0.15) is 23.5 Å². The molecule has 2 N–H and O–H groups in total. The molecule has 3 rings (SSSR count). The lowest BCUT2D eigenvalue weighted by Crippen LogP contribution is -2.31. The van der Waals surface area contributed by atoms with Crippen LogP contribution in [0, 0.1) is 10.1 Å². The summed E-state index contributed by atoms with van der Waals surface area (Å²) in [4.78, 5) is 12.8. The Bertz CT molecular complexity index is 940. The second-order valence-electron chi connectivity index (χ2n) is 6.43. The van der Waals surface area contributed by atoms with Crippen molar-refractivity contribution in [3.63, 3.8) is 0 Å². The van der Waals surface area contributed by atoms with E-state index in [1.807, 2.05) is 43.3 Å². The van der Waals surface area contributed by atoms with E-state index >= 15 is 0 Å². The molecule has 0 radical (unpaired) electrons. The first-order valence-corrected chi connectivity index (χ1v) is 9.69. The molecule has 0 amide bonds. The molecule has 1 heterocycles. The number of methoxy groups -OCH3 is 1. The highest BCUT2D eigenvalue weighted by molar-refractivity contribution is 7.15. The van der Waals surface area contributed by atoms with E-state index in [0.29, 0.717) is 12.1 Å². The first-order valence-electron chi connectivity index (χ1n) is 8.87. The van der Waals surface area contributed by atoms with Gasteiger partial charge in [0.05, 0.1) is 23.7 Å². The standard InChI is InChI=1S/C21H22N2O4S/c1-14(21(24)15-7-9-16(27-2)10-8-15)22-13-17-11-12-20(28-17)18-5-3-4-6-19(18)23(25)26/h3-12,14,21-22,24H,13H2,1-2H3/t14-,21+/m0/s1. The molecule has 0 fully saturated rings. The van der Waals surface area contributed by atoms with Crippen molar-refractivity contribution in [2.24, 2.45) is 0 Å². The highest BCUT2D eigenvalue weighted by atomic mass is 32.1. The molecule has 3 aromatic rings. The number of hydrogen-bond acceptors (Lipinski definition) is 6. The molecule has 2 atom stereocenters. The maximum atomic E-state index is 11.2. The van der Waals surface area contributed by atoms with Gasteiger partial charge in [-0.25, -0.2) is 0 Å². The van der Waals surface area contributed by atoms with Gasteiger partial charge >= 0.3 is 0 Å². The summed E-state index contributed by atoms with van der Waals surface area (Å²) in [5.41, 5.74) is 1.54. The van der Waals surface area contributed by atoms with Gasteiger partial charge in [0, 0.05) is 28.4 Å². The smallest absolute Gasteiger partial charge is 0.278 e. The lowest BCUT2D eigenvalue weighted by atomic mass is 10.0. The van der Waals surface area contributed by atoms with E-state index in [0.717, 1.165) is 21.1 Å². The Morgan fingerprint density at radius 3 is 2.54 bits per heavy atom. The van der Waals surface area contributed by atoms with Crippen LogP contribution < -0.4 is 10.1 Å². The number of nitro groups is 1. The Kier molecular flexibility index (Phi) is 6.41. The number of nitro benzene ring substituents is 1. The van der Waals surface area contributed by atoms with Gasteiger partial charge in [-0.15, -0.1) is 11.3 Å². The van der Waals surface area contributed by atoms with Crippen molar-refractivity contribution in [3.8, 4) is 16.2 Å². The summed E-state index contributed by atoms with van der Waals surface area (Å²) in [6.45, 7) is 2.49. The van der Waals surface area contributed by atoms with Gasteiger partial charge in [0.1, 0.15) is 5.75 Å². The monoisotopic (exact) mass is 398 g/mol. The number of ether oxygens (including phenoxy) is 1. The topological polar surface area (TPSA) is 84.6 Å². The van der Waals surface area contributed by atoms with Gasteiger partial charge < -0.3 is 15.2 Å². The number of thiophene rings is 1. The Hall–Kier alpha value is -2.74. The summed E-state index contributed by atoms with van der Waals surface area (Å²) in [6.07, 6.45) is -0.652. The fourth-order valence-electron chi connectivity index (χ4n) is 2.92. The van der Waals surface area contributed by atoms with Crippen LogP contribution in [0.25, 0.3) is 10.4 Å². The fraction of sp³-hybridized carbons (Fsp3) is 0.238. The average molecular weight is 398 g/mol. The van der Waals surface area contributed by atoms with Crippen molar-refractivity contribution in [1.82, 2.24) is 5.32 Å². The molecule has 0 unspecified atom stereocenters. The molecular weight excluding hydrogens is 376 g/mol. The molecule has 2 aromatic carbocycles. The Morgan fingerprint density at radius 1 is 1.14 bits per heavy atom. The third-order valence-electron chi connectivity index (χ3n) is 4.56. The van der Waals surface area contributed by atoms with Crippen molar-refractivity contribution >= 4 is 17.0 Å². The fourth-order valence-corrected chi connectivity index (χ4v) is 3.91. The number of benzene rings is 2. The third-order valence-corrected chi connectivity index (χ3v) is 5.68. The second-order valence-corrected chi connectivity index (χ2v) is 7.60. The van der Waals surface area contributed by atoms with Crippen molar-refractivity contribution in [2.45, 2.75) is 25.6 Å². The van der Waals surface area contributed by atoms with E-state index in [9.17, 15) is 15.2 Å². The van der Waals surface area contributed by atoms with Crippen LogP contribution in [0.3, 0.4) is 0 Å². The summed E-state index contributed by atoms with van der Waals surface area (Å²) >= 11 is 1.51. The molecule has 0 saturated heterocycles. The molecule has 146 valence electrons. The zero-order valence-electron chi connectivity index (χ0n) is 15.7. The highest BCUT2D eigenvalue weighted by Crippen LogP contribution is 2.34. The predicted octanol–water partition coefficient (Wildman–Crippen LogP) is 4.54. The van der Waals surface area contributed by atoms with Gasteiger partial charge in [0.2, 0.25) is 0 Å². The van der Waals surface area contributed by atoms with Crippen molar-refractivity contribution in [1.29, 1.82) is 0 Å². The zero-order chi connectivity index (χ0) is 20.1. The number of para-hydroxylation sites is 1. The minimum absolute atomic E-state index is 0.104. The minimum atomic E-state index is -0.652. The first-order chi connectivity index (χ1) is 13.5. The molecule has 0 aliphatic heterocycles. The lowest BCUT2D eigenvalue weighted by molar-refractivity contribution is -0.384. The molecule has 28 heavy (non-hydrogen) atoms. The molecule has 0 aliphatic rings. The quantitative estimate of drug-likeness (QED) is 0.430. The summed E-state index contributed by atoms with van der Waals surface area (Å²) in [6, 6.07) is 17.8. The van der Waals surface area contributed by atoms with Gasteiger partial charge in [-0.2, -0.15) is 0 Å². The molecule has 0 aliphatic carbocycles. The number of nitrogens with one attached hydrogen (secondary N) is 1. The largest absolute Gasteiger partial charge is 0.497 e. The Balaban J connectivity index is 1.64. The number of rotatable bonds is 8. The highest BCUT2D eigenvalue weighted by Gasteiger charge is 2.18. The molecule has 7 heteroatoms. The van der Waals surface area contributed by atoms with E-state index in [1.165, 1.54) is 17.4 Å². The van der Waals surface area contributed by atoms with E-state index in [-0.39, 0.29) is 16.7 Å². The summed E-state index contributed by atoms with van der Waals surface area (Å²) in [5, 5.41) is 25.1. The SMILES string of the molecule is COc1ccc([C@H](O)[C@H](C)NCc2ccc(-c3ccccc3[N+](=O)[O-])s2)cc1. The summed E-state index contributed by atoms with van der Waals surface area (Å²) < 4.78 is 5.14.